The third kappa shape index (κ3) is 3.40. The average molecular weight is 223 g/mol. The van der Waals surface area contributed by atoms with Gasteiger partial charge in [-0.15, -0.1) is 0 Å². The normalized spacial score (nSPS) is 10.9. The van der Waals surface area contributed by atoms with Crippen LogP contribution in [0.3, 0.4) is 0 Å². The molecule has 1 N–H and O–H groups in total. The lowest BCUT2D eigenvalue weighted by molar-refractivity contribution is 0.203. The summed E-state index contributed by atoms with van der Waals surface area (Å²) < 4.78 is 5.07. The van der Waals surface area contributed by atoms with E-state index in [0.717, 1.165) is 0 Å². The molecule has 0 aliphatic rings. The Balaban J connectivity index is 2.88. The summed E-state index contributed by atoms with van der Waals surface area (Å²) in [7, 11) is 0.209. The summed E-state index contributed by atoms with van der Waals surface area (Å²) in [6.07, 6.45) is -0.428. The molecule has 0 bridgehead atoms. The number of carbonyl (C=O) groups excluding carboxylic acids is 1. The van der Waals surface area contributed by atoms with Crippen molar-refractivity contribution in [3.63, 3.8) is 0 Å². The second kappa shape index (κ2) is 4.48. The quantitative estimate of drug-likeness (QED) is 0.778. The van der Waals surface area contributed by atoms with Gasteiger partial charge in [0.1, 0.15) is 5.75 Å². The first-order valence-electron chi connectivity index (χ1n) is 4.93. The minimum absolute atomic E-state index is 0.428. The van der Waals surface area contributed by atoms with Crippen molar-refractivity contribution in [1.82, 2.24) is 5.32 Å². The highest BCUT2D eigenvalue weighted by molar-refractivity contribution is 6.88. The number of amides is 1. The molecule has 0 aliphatic heterocycles. The smallest absolute Gasteiger partial charge is 0.410 e. The third-order valence-electron chi connectivity index (χ3n) is 2.11. The van der Waals surface area contributed by atoms with Gasteiger partial charge in [-0.3, -0.25) is 0 Å². The molecule has 0 unspecified atom stereocenters. The van der Waals surface area contributed by atoms with Gasteiger partial charge in [0.25, 0.3) is 0 Å². The van der Waals surface area contributed by atoms with Crippen molar-refractivity contribution in [1.29, 1.82) is 0 Å². The highest BCUT2D eigenvalue weighted by Gasteiger charge is 2.16. The van der Waals surface area contributed by atoms with Crippen LogP contribution in [0.2, 0.25) is 19.6 Å². The van der Waals surface area contributed by atoms with Crippen LogP contribution in [-0.4, -0.2) is 21.2 Å². The topological polar surface area (TPSA) is 38.3 Å². The summed E-state index contributed by atoms with van der Waals surface area (Å²) in [6.45, 7) is 6.77. The van der Waals surface area contributed by atoms with Crippen LogP contribution in [0, 0.1) is 0 Å². The molecule has 1 aromatic carbocycles. The van der Waals surface area contributed by atoms with Crippen LogP contribution >= 0.6 is 0 Å². The Morgan fingerprint density at radius 3 is 2.53 bits per heavy atom. The monoisotopic (exact) mass is 223 g/mol. The molecule has 1 aromatic rings. The maximum Gasteiger partial charge on any atom is 0.412 e. The highest BCUT2D eigenvalue weighted by Crippen LogP contribution is 2.11. The number of hydrogen-bond donors (Lipinski definition) is 1. The van der Waals surface area contributed by atoms with Crippen LogP contribution < -0.4 is 15.2 Å². The molecule has 0 radical (unpaired) electrons. The number of hydrogen-bond acceptors (Lipinski definition) is 2. The van der Waals surface area contributed by atoms with Crippen molar-refractivity contribution in [2.24, 2.45) is 0 Å². The fourth-order valence-corrected chi connectivity index (χ4v) is 2.36. The first kappa shape index (κ1) is 11.8. The van der Waals surface area contributed by atoms with E-state index in [1.807, 2.05) is 12.1 Å². The fourth-order valence-electron chi connectivity index (χ4n) is 1.18. The Labute approximate surface area is 91.5 Å². The number of ether oxygens (including phenoxy) is 1. The molecule has 4 heteroatoms. The number of rotatable bonds is 2. The van der Waals surface area contributed by atoms with E-state index in [4.69, 9.17) is 4.74 Å². The minimum atomic E-state index is -1.34. The summed E-state index contributed by atoms with van der Waals surface area (Å²) in [5.41, 5.74) is 0. The average Bonchev–Trinajstić information content (AvgIpc) is 2.17. The molecule has 15 heavy (non-hydrogen) atoms. The molecule has 0 heterocycles. The zero-order valence-electron chi connectivity index (χ0n) is 9.63. The summed E-state index contributed by atoms with van der Waals surface area (Å²) in [5.74, 6) is 0.606. The van der Waals surface area contributed by atoms with E-state index in [9.17, 15) is 4.79 Å². The molecule has 0 atom stereocenters. The van der Waals surface area contributed by atoms with E-state index in [2.05, 4.69) is 31.0 Å². The van der Waals surface area contributed by atoms with Gasteiger partial charge in [-0.2, -0.15) is 0 Å². The van der Waals surface area contributed by atoms with Crippen LogP contribution in [0.25, 0.3) is 0 Å². The first-order chi connectivity index (χ1) is 6.93. The Morgan fingerprint density at radius 1 is 1.33 bits per heavy atom. The van der Waals surface area contributed by atoms with Gasteiger partial charge in [-0.25, -0.2) is 4.79 Å². The Hall–Kier alpha value is -1.29. The molecule has 0 aliphatic carbocycles. The second-order valence-corrected chi connectivity index (χ2v) is 9.49. The summed E-state index contributed by atoms with van der Waals surface area (Å²) in [5, 5.41) is 3.70. The molecule has 0 saturated heterocycles. The molecule has 82 valence electrons. The lowest BCUT2D eigenvalue weighted by Crippen LogP contribution is -2.37. The molecule has 0 aromatic heterocycles. The first-order valence-corrected chi connectivity index (χ1v) is 8.43. The van der Waals surface area contributed by atoms with E-state index in [-0.39, 0.29) is 0 Å². The second-order valence-electron chi connectivity index (χ2n) is 4.42. The van der Waals surface area contributed by atoms with Gasteiger partial charge in [0.15, 0.2) is 0 Å². The van der Waals surface area contributed by atoms with Gasteiger partial charge < -0.3 is 10.1 Å². The third-order valence-corrected chi connectivity index (χ3v) is 4.16. The summed E-state index contributed by atoms with van der Waals surface area (Å²) in [4.78, 5) is 11.0. The van der Waals surface area contributed by atoms with E-state index in [0.29, 0.717) is 5.75 Å². The number of benzene rings is 1. The maximum absolute atomic E-state index is 11.0. The molecule has 0 fully saturated rings. The van der Waals surface area contributed by atoms with Crippen LogP contribution in [0.5, 0.6) is 5.75 Å². The van der Waals surface area contributed by atoms with E-state index >= 15 is 0 Å². The van der Waals surface area contributed by atoms with Crippen molar-refractivity contribution in [2.75, 3.05) is 7.05 Å². The zero-order chi connectivity index (χ0) is 11.5. The van der Waals surface area contributed by atoms with Crippen LogP contribution in [0.4, 0.5) is 4.79 Å². The zero-order valence-corrected chi connectivity index (χ0v) is 10.6. The molecule has 0 saturated carbocycles. The van der Waals surface area contributed by atoms with Crippen molar-refractivity contribution in [3.8, 4) is 5.75 Å². The van der Waals surface area contributed by atoms with Gasteiger partial charge in [0.2, 0.25) is 0 Å². The molecular formula is C11H17NO2Si. The Morgan fingerprint density at radius 2 is 2.00 bits per heavy atom. The predicted molar refractivity (Wildman–Crippen MR) is 64.5 cm³/mol. The van der Waals surface area contributed by atoms with Crippen LogP contribution in [0.15, 0.2) is 24.3 Å². The Bertz CT molecular complexity index is 358. The molecule has 3 nitrogen and oxygen atoms in total. The van der Waals surface area contributed by atoms with Crippen LogP contribution in [-0.2, 0) is 0 Å². The van der Waals surface area contributed by atoms with Gasteiger partial charge in [0, 0.05) is 7.05 Å². The van der Waals surface area contributed by atoms with Gasteiger partial charge >= 0.3 is 6.09 Å². The minimum Gasteiger partial charge on any atom is -0.410 e. The largest absolute Gasteiger partial charge is 0.412 e. The lowest BCUT2D eigenvalue weighted by atomic mass is 10.3. The molecular weight excluding hydrogens is 206 g/mol. The van der Waals surface area contributed by atoms with Crippen molar-refractivity contribution in [3.05, 3.63) is 24.3 Å². The van der Waals surface area contributed by atoms with E-state index in [1.165, 1.54) is 5.19 Å². The fraction of sp³-hybridized carbons (Fsp3) is 0.364. The number of nitrogens with one attached hydrogen (secondary N) is 1. The highest BCUT2D eigenvalue weighted by atomic mass is 28.3. The molecule has 1 rings (SSSR count). The SMILES string of the molecule is CNC(=O)Oc1cccc([Si](C)(C)C)c1. The summed E-state index contributed by atoms with van der Waals surface area (Å²) in [6, 6.07) is 7.75. The van der Waals surface area contributed by atoms with Crippen LogP contribution in [0.1, 0.15) is 0 Å². The van der Waals surface area contributed by atoms with Gasteiger partial charge in [-0.1, -0.05) is 37.0 Å². The van der Waals surface area contributed by atoms with Crippen molar-refractivity contribution >= 4 is 19.4 Å². The lowest BCUT2D eigenvalue weighted by Gasteiger charge is -2.17. The number of carbonyl (C=O) groups is 1. The molecule has 1 amide bonds. The van der Waals surface area contributed by atoms with Gasteiger partial charge in [0.05, 0.1) is 8.07 Å². The summed E-state index contributed by atoms with van der Waals surface area (Å²) >= 11 is 0. The standard InChI is InChI=1S/C11H17NO2Si/c1-12-11(13)14-9-6-5-7-10(8-9)15(2,3)4/h5-8H,1-4H3,(H,12,13). The van der Waals surface area contributed by atoms with Crippen molar-refractivity contribution in [2.45, 2.75) is 19.6 Å². The Kier molecular flexibility index (Phi) is 3.52. The predicted octanol–water partition coefficient (Wildman–Crippen LogP) is 1.95. The van der Waals surface area contributed by atoms with Gasteiger partial charge in [-0.05, 0) is 12.1 Å². The molecule has 0 spiro atoms. The van der Waals surface area contributed by atoms with E-state index in [1.54, 1.807) is 13.1 Å². The van der Waals surface area contributed by atoms with E-state index < -0.39 is 14.2 Å². The van der Waals surface area contributed by atoms with Crippen molar-refractivity contribution < 1.29 is 9.53 Å². The maximum atomic E-state index is 11.0.